The highest BCUT2D eigenvalue weighted by Crippen LogP contribution is 2.50. The normalized spacial score (nSPS) is 17.0. The lowest BCUT2D eigenvalue weighted by Gasteiger charge is -2.43. The lowest BCUT2D eigenvalue weighted by Crippen LogP contribution is -2.40. The lowest BCUT2D eigenvalue weighted by molar-refractivity contribution is 0.380. The maximum absolute atomic E-state index is 2.35. The molecule has 0 spiro atoms. The minimum Gasteiger partial charge on any atom is -0.0764 e. The minimum absolute atomic E-state index is 0.117. The van der Waals surface area contributed by atoms with Crippen LogP contribution in [-0.4, -0.2) is 0 Å². The van der Waals surface area contributed by atoms with Crippen molar-refractivity contribution in [3.63, 3.8) is 0 Å². The van der Waals surface area contributed by atoms with Gasteiger partial charge in [-0.2, -0.15) is 0 Å². The molecule has 2 aromatic carbocycles. The van der Waals surface area contributed by atoms with Crippen molar-refractivity contribution >= 4 is 0 Å². The summed E-state index contributed by atoms with van der Waals surface area (Å²) in [5.74, 6) is 0.686. The maximum atomic E-state index is 2.35. The Morgan fingerprint density at radius 1 is 0.520 bits per heavy atom. The second-order valence-electron chi connectivity index (χ2n) is 7.19. The van der Waals surface area contributed by atoms with E-state index in [1.165, 1.54) is 22.3 Å². The molecule has 0 unspecified atom stereocenters. The van der Waals surface area contributed by atoms with Gasteiger partial charge in [0, 0.05) is 17.3 Å². The molecule has 0 saturated carbocycles. The van der Waals surface area contributed by atoms with Crippen molar-refractivity contribution in [2.24, 2.45) is 11.8 Å². The number of allylic oxidation sites excluding steroid dienone is 8. The standard InChI is InChI=1S/C25H24/c1-19-11-15-23(16-12-19)25(21-7-3-4-8-21,22-9-5-6-10-22)24-17-13-20(2)14-18-24/h3-18,21-22H,1-2H3. The summed E-state index contributed by atoms with van der Waals surface area (Å²) in [6, 6.07) is 18.2. The van der Waals surface area contributed by atoms with E-state index in [2.05, 4.69) is 111 Å². The molecule has 0 N–H and O–H groups in total. The summed E-state index contributed by atoms with van der Waals surface area (Å²) >= 11 is 0. The molecule has 0 heterocycles. The fourth-order valence-corrected chi connectivity index (χ4v) is 4.29. The van der Waals surface area contributed by atoms with Gasteiger partial charge >= 0.3 is 0 Å². The van der Waals surface area contributed by atoms with E-state index in [9.17, 15) is 0 Å². The number of hydrogen-bond donors (Lipinski definition) is 0. The molecule has 0 heteroatoms. The van der Waals surface area contributed by atoms with Crippen molar-refractivity contribution in [2.45, 2.75) is 19.3 Å². The molecule has 0 aliphatic heterocycles. The van der Waals surface area contributed by atoms with Crippen LogP contribution in [-0.2, 0) is 5.41 Å². The van der Waals surface area contributed by atoms with Crippen LogP contribution in [0.3, 0.4) is 0 Å². The van der Waals surface area contributed by atoms with E-state index in [1.54, 1.807) is 0 Å². The number of benzene rings is 2. The molecule has 0 nitrogen and oxygen atoms in total. The van der Waals surface area contributed by atoms with Crippen LogP contribution in [0.5, 0.6) is 0 Å². The highest BCUT2D eigenvalue weighted by atomic mass is 14.5. The molecule has 0 bridgehead atoms. The summed E-state index contributed by atoms with van der Waals surface area (Å²) in [5.41, 5.74) is 5.25. The Balaban J connectivity index is 2.00. The van der Waals surface area contributed by atoms with E-state index in [-0.39, 0.29) is 5.41 Å². The van der Waals surface area contributed by atoms with Gasteiger partial charge in [-0.05, 0) is 25.0 Å². The third kappa shape index (κ3) is 2.62. The van der Waals surface area contributed by atoms with E-state index in [0.29, 0.717) is 11.8 Å². The first-order valence-electron chi connectivity index (χ1n) is 9.05. The van der Waals surface area contributed by atoms with Gasteiger partial charge in [-0.25, -0.2) is 0 Å². The topological polar surface area (TPSA) is 0 Å². The molecule has 25 heavy (non-hydrogen) atoms. The highest BCUT2D eigenvalue weighted by Gasteiger charge is 2.45. The molecular weight excluding hydrogens is 300 g/mol. The first kappa shape index (κ1) is 15.9. The Kier molecular flexibility index (Phi) is 4.05. The van der Waals surface area contributed by atoms with Crippen molar-refractivity contribution < 1.29 is 0 Å². The molecule has 2 aromatic rings. The van der Waals surface area contributed by atoms with Crippen LogP contribution in [0.25, 0.3) is 0 Å². The van der Waals surface area contributed by atoms with Crippen LogP contribution < -0.4 is 0 Å². The second-order valence-corrected chi connectivity index (χ2v) is 7.19. The van der Waals surface area contributed by atoms with Crippen molar-refractivity contribution in [1.29, 1.82) is 0 Å². The average Bonchev–Trinajstić information content (AvgIpc) is 3.33. The van der Waals surface area contributed by atoms with Gasteiger partial charge < -0.3 is 0 Å². The van der Waals surface area contributed by atoms with Crippen LogP contribution in [0.1, 0.15) is 22.3 Å². The zero-order valence-corrected chi connectivity index (χ0v) is 14.9. The predicted octanol–water partition coefficient (Wildman–Crippen LogP) is 6.07. The summed E-state index contributed by atoms with van der Waals surface area (Å²) in [6.45, 7) is 4.31. The summed E-state index contributed by atoms with van der Waals surface area (Å²) in [5, 5.41) is 0. The molecular formula is C25H24. The average molecular weight is 324 g/mol. The SMILES string of the molecule is Cc1ccc(C(c2ccc(C)cc2)(C2C=CC=C2)C2C=CC=C2)cc1. The van der Waals surface area contributed by atoms with Crippen molar-refractivity contribution in [3.8, 4) is 0 Å². The van der Waals surface area contributed by atoms with Crippen LogP contribution in [0.4, 0.5) is 0 Å². The molecule has 0 fully saturated rings. The van der Waals surface area contributed by atoms with Crippen molar-refractivity contribution in [3.05, 3.63) is 119 Å². The molecule has 2 aliphatic carbocycles. The van der Waals surface area contributed by atoms with Gasteiger partial charge in [0.2, 0.25) is 0 Å². The molecule has 4 rings (SSSR count). The first-order valence-corrected chi connectivity index (χ1v) is 9.05. The second kappa shape index (κ2) is 6.37. The van der Waals surface area contributed by atoms with Crippen LogP contribution in [0, 0.1) is 25.7 Å². The smallest absolute Gasteiger partial charge is 0.0397 e. The Morgan fingerprint density at radius 3 is 1.16 bits per heavy atom. The Morgan fingerprint density at radius 2 is 0.840 bits per heavy atom. The maximum Gasteiger partial charge on any atom is 0.0397 e. The summed E-state index contributed by atoms with van der Waals surface area (Å²) < 4.78 is 0. The number of aryl methyl sites for hydroxylation is 2. The van der Waals surface area contributed by atoms with Gasteiger partial charge in [-0.1, -0.05) is 108 Å². The van der Waals surface area contributed by atoms with E-state index in [1.807, 2.05) is 0 Å². The van der Waals surface area contributed by atoms with Gasteiger partial charge in [-0.3, -0.25) is 0 Å². The zero-order chi connectivity index (χ0) is 17.3. The summed E-state index contributed by atoms with van der Waals surface area (Å²) in [7, 11) is 0. The van der Waals surface area contributed by atoms with Crippen molar-refractivity contribution in [1.82, 2.24) is 0 Å². The molecule has 124 valence electrons. The molecule has 2 aliphatic rings. The monoisotopic (exact) mass is 324 g/mol. The summed E-state index contributed by atoms with van der Waals surface area (Å²) in [4.78, 5) is 0. The van der Waals surface area contributed by atoms with E-state index in [4.69, 9.17) is 0 Å². The van der Waals surface area contributed by atoms with Gasteiger partial charge in [0.05, 0.1) is 0 Å². The largest absolute Gasteiger partial charge is 0.0764 e. The van der Waals surface area contributed by atoms with Crippen LogP contribution in [0.15, 0.2) is 97.1 Å². The fraction of sp³-hybridized carbons (Fsp3) is 0.200. The van der Waals surface area contributed by atoms with Gasteiger partial charge in [0.1, 0.15) is 0 Å². The lowest BCUT2D eigenvalue weighted by atomic mass is 9.59. The van der Waals surface area contributed by atoms with Crippen molar-refractivity contribution in [2.75, 3.05) is 0 Å². The van der Waals surface area contributed by atoms with Gasteiger partial charge in [0.25, 0.3) is 0 Å². The van der Waals surface area contributed by atoms with E-state index in [0.717, 1.165) is 0 Å². The number of rotatable bonds is 4. The Bertz CT molecular complexity index is 758. The first-order chi connectivity index (χ1) is 12.2. The fourth-order valence-electron chi connectivity index (χ4n) is 4.29. The van der Waals surface area contributed by atoms with E-state index >= 15 is 0 Å². The molecule has 0 amide bonds. The third-order valence-electron chi connectivity index (χ3n) is 5.61. The quantitative estimate of drug-likeness (QED) is 0.640. The molecule has 0 atom stereocenters. The zero-order valence-electron chi connectivity index (χ0n) is 14.9. The summed E-state index contributed by atoms with van der Waals surface area (Å²) in [6.07, 6.45) is 18.1. The van der Waals surface area contributed by atoms with Gasteiger partial charge in [-0.15, -0.1) is 0 Å². The Hall–Kier alpha value is -2.60. The van der Waals surface area contributed by atoms with Crippen LogP contribution >= 0.6 is 0 Å². The molecule has 0 saturated heterocycles. The Labute approximate surface area is 150 Å². The van der Waals surface area contributed by atoms with Crippen LogP contribution in [0.2, 0.25) is 0 Å². The minimum atomic E-state index is -0.117. The van der Waals surface area contributed by atoms with Gasteiger partial charge in [0.15, 0.2) is 0 Å². The van der Waals surface area contributed by atoms with E-state index < -0.39 is 0 Å². The number of hydrogen-bond acceptors (Lipinski definition) is 0. The predicted molar refractivity (Wildman–Crippen MR) is 107 cm³/mol. The highest BCUT2D eigenvalue weighted by molar-refractivity contribution is 5.50. The molecule has 0 aromatic heterocycles. The molecule has 0 radical (unpaired) electrons. The third-order valence-corrected chi connectivity index (χ3v) is 5.61.